The van der Waals surface area contributed by atoms with Gasteiger partial charge in [-0.3, -0.25) is 0 Å². The molecule has 1 aromatic heterocycles. The number of hydrogen-bond acceptors (Lipinski definition) is 8. The van der Waals surface area contributed by atoms with Crippen molar-refractivity contribution < 1.29 is 14.6 Å². The van der Waals surface area contributed by atoms with Crippen LogP contribution in [-0.2, 0) is 29.7 Å². The van der Waals surface area contributed by atoms with Gasteiger partial charge in [0, 0.05) is 30.8 Å². The van der Waals surface area contributed by atoms with Crippen molar-refractivity contribution in [1.82, 2.24) is 20.2 Å². The van der Waals surface area contributed by atoms with E-state index >= 15 is 0 Å². The lowest BCUT2D eigenvalue weighted by Crippen LogP contribution is -2.38. The zero-order chi connectivity index (χ0) is 24.9. The van der Waals surface area contributed by atoms with Crippen molar-refractivity contribution in [2.45, 2.75) is 42.7 Å². The molecular weight excluding hydrogens is 474 g/mol. The molecule has 0 radical (unpaired) electrons. The van der Waals surface area contributed by atoms with Crippen LogP contribution >= 0.6 is 11.8 Å². The van der Waals surface area contributed by atoms with Crippen LogP contribution in [0.25, 0.3) is 0 Å². The van der Waals surface area contributed by atoms with Gasteiger partial charge in [0.2, 0.25) is 5.16 Å². The van der Waals surface area contributed by atoms with Gasteiger partial charge in [-0.05, 0) is 32.7 Å². The number of thioether (sulfide) groups is 1. The molecule has 3 aromatic carbocycles. The number of aliphatic hydroxyl groups excluding tert-OH is 1. The third kappa shape index (κ3) is 5.35. The zero-order valence-electron chi connectivity index (χ0n) is 20.0. The van der Waals surface area contributed by atoms with Gasteiger partial charge in [-0.2, -0.15) is 0 Å². The number of aromatic nitrogens is 4. The van der Waals surface area contributed by atoms with Crippen LogP contribution in [0, 0.1) is 0 Å². The third-order valence-corrected chi connectivity index (χ3v) is 7.52. The van der Waals surface area contributed by atoms with Crippen LogP contribution in [0.15, 0.2) is 84.0 Å². The second-order valence-electron chi connectivity index (χ2n) is 8.74. The molecule has 4 atom stereocenters. The summed E-state index contributed by atoms with van der Waals surface area (Å²) in [7, 11) is 1.83. The van der Waals surface area contributed by atoms with Crippen molar-refractivity contribution in [2.75, 3.05) is 5.75 Å². The largest absolute Gasteiger partial charge is 0.392 e. The van der Waals surface area contributed by atoms with E-state index in [0.29, 0.717) is 12.3 Å². The van der Waals surface area contributed by atoms with Gasteiger partial charge in [0.05, 0.1) is 18.8 Å². The lowest BCUT2D eigenvalue weighted by Gasteiger charge is -2.43. The molecule has 0 bridgehead atoms. The quantitative estimate of drug-likeness (QED) is 0.349. The lowest BCUT2D eigenvalue weighted by molar-refractivity contribution is -0.255. The number of aryl methyl sites for hydroxylation is 1. The summed E-state index contributed by atoms with van der Waals surface area (Å²) in [6.07, 6.45) is -1.01. The number of aliphatic hydroxyl groups is 1. The van der Waals surface area contributed by atoms with E-state index in [-0.39, 0.29) is 24.7 Å². The fourth-order valence-corrected chi connectivity index (χ4v) is 5.38. The molecular formula is C27H29N5O3S. The molecule has 1 aliphatic heterocycles. The number of ether oxygens (including phenoxy) is 2. The van der Waals surface area contributed by atoms with Gasteiger partial charge in [-0.15, -0.1) is 5.10 Å². The van der Waals surface area contributed by atoms with Crippen molar-refractivity contribution in [3.05, 3.63) is 107 Å². The molecule has 1 aliphatic rings. The summed E-state index contributed by atoms with van der Waals surface area (Å²) in [6.45, 7) is 0.478. The molecule has 186 valence electrons. The average Bonchev–Trinajstić information content (AvgIpc) is 3.36. The maximum atomic E-state index is 9.55. The van der Waals surface area contributed by atoms with Crippen LogP contribution in [-0.4, -0.2) is 37.2 Å². The Morgan fingerprint density at radius 2 is 1.58 bits per heavy atom. The van der Waals surface area contributed by atoms with Gasteiger partial charge in [0.15, 0.2) is 6.29 Å². The van der Waals surface area contributed by atoms with Crippen molar-refractivity contribution in [1.29, 1.82) is 0 Å². The Balaban J connectivity index is 1.53. The minimum absolute atomic E-state index is 0.00184. The van der Waals surface area contributed by atoms with Gasteiger partial charge in [-0.25, -0.2) is 4.68 Å². The van der Waals surface area contributed by atoms with Crippen LogP contribution in [0.4, 0.5) is 0 Å². The van der Waals surface area contributed by atoms with Crippen LogP contribution in [0.5, 0.6) is 0 Å². The van der Waals surface area contributed by atoms with E-state index in [1.54, 1.807) is 16.4 Å². The monoisotopic (exact) mass is 503 g/mol. The van der Waals surface area contributed by atoms with Crippen molar-refractivity contribution >= 4 is 11.8 Å². The highest BCUT2D eigenvalue weighted by molar-refractivity contribution is 7.99. The molecule has 1 unspecified atom stereocenters. The SMILES string of the molecule is Cn1nnnc1SC[C@H]1OC(c2ccc(CN)cc2)O[C@@H](c2ccc(CO)cc2)[C@@H]1c1ccccc1. The predicted molar refractivity (Wildman–Crippen MR) is 137 cm³/mol. The summed E-state index contributed by atoms with van der Waals surface area (Å²) in [4.78, 5) is 0. The van der Waals surface area contributed by atoms with Crippen LogP contribution in [0.1, 0.15) is 46.1 Å². The van der Waals surface area contributed by atoms with Gasteiger partial charge < -0.3 is 20.3 Å². The molecule has 0 saturated carbocycles. The van der Waals surface area contributed by atoms with Crippen molar-refractivity contribution in [2.24, 2.45) is 12.8 Å². The number of benzene rings is 3. The van der Waals surface area contributed by atoms with Gasteiger partial charge in [-0.1, -0.05) is 90.6 Å². The number of hydrogen-bond donors (Lipinski definition) is 2. The second-order valence-corrected chi connectivity index (χ2v) is 9.73. The molecule has 36 heavy (non-hydrogen) atoms. The Hall–Kier alpha value is -3.08. The summed E-state index contributed by atoms with van der Waals surface area (Å²) in [6, 6.07) is 26.3. The van der Waals surface area contributed by atoms with E-state index in [4.69, 9.17) is 15.2 Å². The number of nitrogens with zero attached hydrogens (tertiary/aromatic N) is 4. The number of tetrazole rings is 1. The first-order valence-corrected chi connectivity index (χ1v) is 12.8. The first-order chi connectivity index (χ1) is 17.7. The molecule has 4 aromatic rings. The molecule has 3 N–H and O–H groups in total. The molecule has 0 spiro atoms. The highest BCUT2D eigenvalue weighted by Gasteiger charge is 2.42. The van der Waals surface area contributed by atoms with Crippen LogP contribution in [0.2, 0.25) is 0 Å². The summed E-state index contributed by atoms with van der Waals surface area (Å²) in [5, 5.41) is 22.1. The first-order valence-electron chi connectivity index (χ1n) is 11.9. The topological polar surface area (TPSA) is 108 Å². The zero-order valence-corrected chi connectivity index (χ0v) is 20.8. The highest BCUT2D eigenvalue weighted by atomic mass is 32.2. The maximum Gasteiger partial charge on any atom is 0.209 e. The van der Waals surface area contributed by atoms with Crippen LogP contribution in [0.3, 0.4) is 0 Å². The standard InChI is InChI=1S/C27H29N5O3S/c1-32-27(29-30-31-32)36-17-23-24(20-5-3-2-4-6-20)25(21-11-9-19(16-33)10-12-21)35-26(34-23)22-13-7-18(15-28)8-14-22/h2-14,23-26,33H,15-17,28H2,1H3/t23-,24-,25+,26?/m1/s1. The number of rotatable bonds is 8. The van der Waals surface area contributed by atoms with Crippen molar-refractivity contribution in [3.8, 4) is 0 Å². The molecule has 1 fully saturated rings. The summed E-state index contributed by atoms with van der Waals surface area (Å²) in [5.74, 6) is 0.569. The Bertz CT molecular complexity index is 1250. The number of nitrogens with two attached hydrogens (primary N) is 1. The minimum Gasteiger partial charge on any atom is -0.392 e. The molecule has 8 nitrogen and oxygen atoms in total. The second kappa shape index (κ2) is 11.3. The highest BCUT2D eigenvalue weighted by Crippen LogP contribution is 2.47. The fraction of sp³-hybridized carbons (Fsp3) is 0.296. The molecule has 2 heterocycles. The van der Waals surface area contributed by atoms with Gasteiger partial charge in [0.1, 0.15) is 0 Å². The average molecular weight is 504 g/mol. The van der Waals surface area contributed by atoms with E-state index in [9.17, 15) is 5.11 Å². The Morgan fingerprint density at radius 3 is 2.22 bits per heavy atom. The van der Waals surface area contributed by atoms with Gasteiger partial charge >= 0.3 is 0 Å². The van der Waals surface area contributed by atoms with E-state index in [1.807, 2.05) is 73.8 Å². The van der Waals surface area contributed by atoms with Gasteiger partial charge in [0.25, 0.3) is 0 Å². The summed E-state index contributed by atoms with van der Waals surface area (Å²) in [5.41, 5.74) is 10.8. The molecule has 1 saturated heterocycles. The Labute approximate surface area is 214 Å². The van der Waals surface area contributed by atoms with Crippen LogP contribution < -0.4 is 5.73 Å². The third-order valence-electron chi connectivity index (χ3n) is 6.42. The molecule has 5 rings (SSSR count). The smallest absolute Gasteiger partial charge is 0.209 e. The van der Waals surface area contributed by atoms with E-state index in [1.165, 1.54) is 0 Å². The van der Waals surface area contributed by atoms with E-state index < -0.39 is 6.29 Å². The van der Waals surface area contributed by atoms with E-state index in [2.05, 4.69) is 27.7 Å². The summed E-state index contributed by atoms with van der Waals surface area (Å²) >= 11 is 1.56. The fourth-order valence-electron chi connectivity index (χ4n) is 4.46. The molecule has 9 heteroatoms. The molecule has 0 amide bonds. The lowest BCUT2D eigenvalue weighted by atomic mass is 9.84. The first kappa shape index (κ1) is 24.6. The maximum absolute atomic E-state index is 9.55. The Morgan fingerprint density at radius 1 is 0.889 bits per heavy atom. The minimum atomic E-state index is -0.553. The predicted octanol–water partition coefficient (Wildman–Crippen LogP) is 3.89. The van der Waals surface area contributed by atoms with Crippen molar-refractivity contribution in [3.63, 3.8) is 0 Å². The Kier molecular flexibility index (Phi) is 7.74. The van der Waals surface area contributed by atoms with E-state index in [0.717, 1.165) is 33.0 Å². The normalized spacial score (nSPS) is 22.0. The molecule has 0 aliphatic carbocycles. The summed E-state index contributed by atoms with van der Waals surface area (Å²) < 4.78 is 15.0.